The minimum absolute atomic E-state index is 0.471. The number of benzene rings is 2. The molecule has 4 heteroatoms. The van der Waals surface area contributed by atoms with Crippen LogP contribution in [0.5, 0.6) is 0 Å². The maximum absolute atomic E-state index is 6.07. The van der Waals surface area contributed by atoms with Crippen molar-refractivity contribution in [1.29, 1.82) is 0 Å². The summed E-state index contributed by atoms with van der Waals surface area (Å²) in [6.07, 6.45) is 0.650. The third kappa shape index (κ3) is 2.79. The fraction of sp³-hybridized carbons (Fsp3) is 0.176. The van der Waals surface area contributed by atoms with Crippen LogP contribution in [-0.4, -0.2) is 10.1 Å². The number of rotatable bonds is 3. The van der Waals surface area contributed by atoms with Crippen LogP contribution in [0.15, 0.2) is 47.0 Å². The van der Waals surface area contributed by atoms with Gasteiger partial charge in [-0.25, -0.2) is 0 Å². The molecule has 0 bridgehead atoms. The zero-order chi connectivity index (χ0) is 14.8. The lowest BCUT2D eigenvalue weighted by Gasteiger charge is -2.03. The molecule has 0 radical (unpaired) electrons. The van der Waals surface area contributed by atoms with E-state index in [2.05, 4.69) is 35.3 Å². The van der Waals surface area contributed by atoms with Crippen molar-refractivity contribution in [3.63, 3.8) is 0 Å². The Bertz CT molecular complexity index is 777. The lowest BCUT2D eigenvalue weighted by Crippen LogP contribution is -1.94. The van der Waals surface area contributed by atoms with Crippen LogP contribution in [0.4, 0.5) is 5.69 Å². The third-order valence-corrected chi connectivity index (χ3v) is 3.47. The molecule has 3 rings (SSSR count). The molecule has 0 aliphatic heterocycles. The molecule has 2 aromatic carbocycles. The van der Waals surface area contributed by atoms with Crippen LogP contribution >= 0.6 is 0 Å². The van der Waals surface area contributed by atoms with Crippen molar-refractivity contribution < 1.29 is 4.52 Å². The van der Waals surface area contributed by atoms with E-state index in [4.69, 9.17) is 10.3 Å². The molecule has 106 valence electrons. The van der Waals surface area contributed by atoms with Crippen LogP contribution in [0.3, 0.4) is 0 Å². The van der Waals surface area contributed by atoms with Gasteiger partial charge >= 0.3 is 0 Å². The Labute approximate surface area is 123 Å². The van der Waals surface area contributed by atoms with Gasteiger partial charge in [0.05, 0.1) is 5.56 Å². The summed E-state index contributed by atoms with van der Waals surface area (Å²) < 4.78 is 5.35. The van der Waals surface area contributed by atoms with Crippen molar-refractivity contribution in [1.82, 2.24) is 10.1 Å². The average molecular weight is 279 g/mol. The molecular weight excluding hydrogens is 262 g/mol. The van der Waals surface area contributed by atoms with Crippen molar-refractivity contribution in [2.24, 2.45) is 0 Å². The summed E-state index contributed by atoms with van der Waals surface area (Å²) in [5.74, 6) is 1.13. The van der Waals surface area contributed by atoms with E-state index in [9.17, 15) is 0 Å². The summed E-state index contributed by atoms with van der Waals surface area (Å²) in [6.45, 7) is 4.03. The number of nitrogens with two attached hydrogens (primary N) is 1. The summed E-state index contributed by atoms with van der Waals surface area (Å²) in [6, 6.07) is 14.1. The zero-order valence-electron chi connectivity index (χ0n) is 12.1. The summed E-state index contributed by atoms with van der Waals surface area (Å²) in [5, 5.41) is 4.05. The minimum atomic E-state index is 0.471. The second-order valence-corrected chi connectivity index (χ2v) is 5.22. The highest BCUT2D eigenvalue weighted by Gasteiger charge is 2.13. The monoisotopic (exact) mass is 279 g/mol. The first-order chi connectivity index (χ1) is 10.1. The molecule has 2 N–H and O–H groups in total. The number of aromatic nitrogens is 2. The average Bonchev–Trinajstić information content (AvgIpc) is 2.90. The smallest absolute Gasteiger partial charge is 0.260 e. The van der Waals surface area contributed by atoms with Crippen molar-refractivity contribution in [3.05, 3.63) is 65.0 Å². The third-order valence-electron chi connectivity index (χ3n) is 3.47. The van der Waals surface area contributed by atoms with E-state index in [0.717, 1.165) is 11.1 Å². The molecule has 0 saturated carbocycles. The first-order valence-electron chi connectivity index (χ1n) is 6.87. The first kappa shape index (κ1) is 13.4. The molecule has 0 aliphatic rings. The molecule has 0 saturated heterocycles. The lowest BCUT2D eigenvalue weighted by atomic mass is 10.1. The Hall–Kier alpha value is -2.62. The predicted molar refractivity (Wildman–Crippen MR) is 82.9 cm³/mol. The summed E-state index contributed by atoms with van der Waals surface area (Å²) in [7, 11) is 0. The Kier molecular flexibility index (Phi) is 3.44. The molecule has 0 atom stereocenters. The molecule has 4 nitrogen and oxygen atoms in total. The molecular formula is C17H17N3O. The van der Waals surface area contributed by atoms with Gasteiger partial charge in [-0.05, 0) is 31.0 Å². The molecule has 0 unspecified atom stereocenters. The Morgan fingerprint density at radius 1 is 1.10 bits per heavy atom. The van der Waals surface area contributed by atoms with E-state index in [-0.39, 0.29) is 0 Å². The van der Waals surface area contributed by atoms with Gasteiger partial charge in [0.2, 0.25) is 0 Å². The van der Waals surface area contributed by atoms with Gasteiger partial charge in [0, 0.05) is 12.1 Å². The van der Waals surface area contributed by atoms with Gasteiger partial charge in [-0.3, -0.25) is 0 Å². The lowest BCUT2D eigenvalue weighted by molar-refractivity contribution is 0.424. The Morgan fingerprint density at radius 2 is 1.90 bits per heavy atom. The highest BCUT2D eigenvalue weighted by molar-refractivity contribution is 5.73. The summed E-state index contributed by atoms with van der Waals surface area (Å²) in [4.78, 5) is 4.45. The normalized spacial score (nSPS) is 10.8. The zero-order valence-corrected chi connectivity index (χ0v) is 12.1. The summed E-state index contributed by atoms with van der Waals surface area (Å²) >= 11 is 0. The van der Waals surface area contributed by atoms with Gasteiger partial charge in [-0.1, -0.05) is 47.1 Å². The van der Waals surface area contributed by atoms with Gasteiger partial charge < -0.3 is 10.3 Å². The van der Waals surface area contributed by atoms with Crippen LogP contribution in [0.25, 0.3) is 11.5 Å². The van der Waals surface area contributed by atoms with Gasteiger partial charge in [0.1, 0.15) is 0 Å². The van der Waals surface area contributed by atoms with E-state index < -0.39 is 0 Å². The standard InChI is InChI=1S/C17H17N3O/c1-11-5-3-7-13(9-11)10-15-19-17(21-20-15)14-8-4-6-12(2)16(14)18/h3-9H,10,18H2,1-2H3. The first-order valence-corrected chi connectivity index (χ1v) is 6.87. The minimum Gasteiger partial charge on any atom is -0.398 e. The Morgan fingerprint density at radius 3 is 2.71 bits per heavy atom. The number of para-hydroxylation sites is 1. The van der Waals surface area contributed by atoms with E-state index in [1.807, 2.05) is 31.2 Å². The van der Waals surface area contributed by atoms with Crippen LogP contribution in [0.2, 0.25) is 0 Å². The van der Waals surface area contributed by atoms with E-state index >= 15 is 0 Å². The van der Waals surface area contributed by atoms with Crippen molar-refractivity contribution in [2.45, 2.75) is 20.3 Å². The molecule has 0 amide bonds. The fourth-order valence-corrected chi connectivity index (χ4v) is 2.31. The number of aryl methyl sites for hydroxylation is 2. The maximum Gasteiger partial charge on any atom is 0.260 e. The van der Waals surface area contributed by atoms with Crippen molar-refractivity contribution in [2.75, 3.05) is 5.73 Å². The number of nitrogen functional groups attached to an aromatic ring is 1. The van der Waals surface area contributed by atoms with Gasteiger partial charge in [0.25, 0.3) is 5.89 Å². The van der Waals surface area contributed by atoms with Gasteiger partial charge in [-0.15, -0.1) is 0 Å². The molecule has 1 heterocycles. The molecule has 0 spiro atoms. The number of hydrogen-bond acceptors (Lipinski definition) is 4. The van der Waals surface area contributed by atoms with Crippen molar-refractivity contribution in [3.8, 4) is 11.5 Å². The van der Waals surface area contributed by atoms with Crippen LogP contribution in [0, 0.1) is 13.8 Å². The van der Waals surface area contributed by atoms with E-state index in [1.54, 1.807) is 0 Å². The maximum atomic E-state index is 6.07. The van der Waals surface area contributed by atoms with Crippen LogP contribution < -0.4 is 5.73 Å². The SMILES string of the molecule is Cc1cccc(Cc2noc(-c3cccc(C)c3N)n2)c1. The predicted octanol–water partition coefficient (Wildman–Crippen LogP) is 3.53. The molecule has 1 aromatic heterocycles. The van der Waals surface area contributed by atoms with E-state index in [1.165, 1.54) is 11.1 Å². The second kappa shape index (κ2) is 5.40. The van der Waals surface area contributed by atoms with Gasteiger partial charge in [0.15, 0.2) is 5.82 Å². The molecule has 0 aliphatic carbocycles. The van der Waals surface area contributed by atoms with Gasteiger partial charge in [-0.2, -0.15) is 4.98 Å². The second-order valence-electron chi connectivity index (χ2n) is 5.22. The largest absolute Gasteiger partial charge is 0.398 e. The quantitative estimate of drug-likeness (QED) is 0.745. The topological polar surface area (TPSA) is 64.9 Å². The van der Waals surface area contributed by atoms with Crippen LogP contribution in [-0.2, 0) is 6.42 Å². The van der Waals surface area contributed by atoms with E-state index in [0.29, 0.717) is 23.8 Å². The molecule has 3 aromatic rings. The molecule has 0 fully saturated rings. The van der Waals surface area contributed by atoms with Crippen LogP contribution in [0.1, 0.15) is 22.5 Å². The number of nitrogens with zero attached hydrogens (tertiary/aromatic N) is 2. The highest BCUT2D eigenvalue weighted by Crippen LogP contribution is 2.27. The number of anilines is 1. The Balaban J connectivity index is 1.88. The van der Waals surface area contributed by atoms with Crippen molar-refractivity contribution >= 4 is 5.69 Å². The number of hydrogen-bond donors (Lipinski definition) is 1. The summed E-state index contributed by atoms with van der Waals surface area (Å²) in [5.41, 5.74) is 10.9. The highest BCUT2D eigenvalue weighted by atomic mass is 16.5. The molecule has 21 heavy (non-hydrogen) atoms. The fourth-order valence-electron chi connectivity index (χ4n) is 2.31.